The first-order chi connectivity index (χ1) is 3.55. The Balaban J connectivity index is 0. The number of hydrogen-bond donors (Lipinski definition) is 2. The topological polar surface area (TPSA) is 63.3 Å². The standard InChI is InChI=1S/C5H11NO2.Au/c1-3(2)4(6)5(7)8;/h3-4H,6H2,1-2H3,(H,7,8);. The second-order valence-corrected chi connectivity index (χ2v) is 2.11. The molecule has 3 nitrogen and oxygen atoms in total. The van der Waals surface area contributed by atoms with Crippen LogP contribution in [-0.4, -0.2) is 17.1 Å². The molecule has 0 aromatic heterocycles. The number of carboxylic acids is 1. The Hall–Kier alpha value is 0.170. The van der Waals surface area contributed by atoms with Crippen LogP contribution in [0.1, 0.15) is 13.8 Å². The van der Waals surface area contributed by atoms with Crippen molar-refractivity contribution < 1.29 is 32.3 Å². The largest absolute Gasteiger partial charge is 0.480 e. The van der Waals surface area contributed by atoms with Crippen molar-refractivity contribution in [3.8, 4) is 0 Å². The van der Waals surface area contributed by atoms with Crippen molar-refractivity contribution in [2.45, 2.75) is 19.9 Å². The van der Waals surface area contributed by atoms with Gasteiger partial charge in [0.15, 0.2) is 0 Å². The Morgan fingerprint density at radius 1 is 1.56 bits per heavy atom. The third-order valence-electron chi connectivity index (χ3n) is 1.00. The Morgan fingerprint density at radius 2 is 1.89 bits per heavy atom. The van der Waals surface area contributed by atoms with Gasteiger partial charge in [0.1, 0.15) is 6.04 Å². The van der Waals surface area contributed by atoms with Gasteiger partial charge in [-0.25, -0.2) is 0 Å². The fourth-order valence-corrected chi connectivity index (χ4v) is 0.285. The van der Waals surface area contributed by atoms with E-state index in [0.29, 0.717) is 0 Å². The maximum atomic E-state index is 10.0. The Labute approximate surface area is 70.1 Å². The Kier molecular flexibility index (Phi) is 6.61. The predicted octanol–water partition coefficient (Wildman–Crippen LogP) is 0.0518. The zero-order valence-corrected chi connectivity index (χ0v) is 7.56. The van der Waals surface area contributed by atoms with Gasteiger partial charge in [0, 0.05) is 22.4 Å². The summed E-state index contributed by atoms with van der Waals surface area (Å²) in [6, 6.07) is -0.713. The van der Waals surface area contributed by atoms with Crippen molar-refractivity contribution in [2.75, 3.05) is 0 Å². The zero-order valence-electron chi connectivity index (χ0n) is 5.39. The van der Waals surface area contributed by atoms with Crippen LogP contribution in [0.3, 0.4) is 0 Å². The molecule has 0 aliphatic carbocycles. The van der Waals surface area contributed by atoms with Gasteiger partial charge >= 0.3 is 5.97 Å². The SMILES string of the molecule is CC(C)C(N)C(=O)O.[Au]. The monoisotopic (exact) mass is 314 g/mol. The molecule has 0 aliphatic heterocycles. The Bertz CT molecular complexity index is 95.0. The molecule has 0 saturated carbocycles. The van der Waals surface area contributed by atoms with E-state index >= 15 is 0 Å². The first kappa shape index (κ1) is 11.9. The van der Waals surface area contributed by atoms with Gasteiger partial charge in [-0.05, 0) is 5.92 Å². The summed E-state index contributed by atoms with van der Waals surface area (Å²) in [6.45, 7) is 3.55. The number of rotatable bonds is 2. The molecule has 0 aromatic carbocycles. The molecule has 0 rings (SSSR count). The number of aliphatic carboxylic acids is 1. The molecule has 0 aliphatic rings. The minimum atomic E-state index is -0.931. The number of carboxylic acid groups (broad SMARTS) is 1. The van der Waals surface area contributed by atoms with Gasteiger partial charge in [0.25, 0.3) is 0 Å². The van der Waals surface area contributed by atoms with Crippen molar-refractivity contribution in [1.82, 2.24) is 0 Å². The summed E-state index contributed by atoms with van der Waals surface area (Å²) in [5, 5.41) is 8.23. The molecule has 4 heteroatoms. The third-order valence-corrected chi connectivity index (χ3v) is 1.00. The molecule has 1 radical (unpaired) electrons. The summed E-state index contributed by atoms with van der Waals surface area (Å²) in [5.74, 6) is -0.910. The van der Waals surface area contributed by atoms with E-state index in [9.17, 15) is 4.79 Å². The summed E-state index contributed by atoms with van der Waals surface area (Å²) in [6.07, 6.45) is 0. The molecule has 0 heterocycles. The molecular formula is C5H11AuNO2. The molecule has 1 unspecified atom stereocenters. The van der Waals surface area contributed by atoms with Crippen LogP contribution in [0.4, 0.5) is 0 Å². The maximum Gasteiger partial charge on any atom is 0.320 e. The van der Waals surface area contributed by atoms with E-state index in [1.54, 1.807) is 13.8 Å². The van der Waals surface area contributed by atoms with Crippen LogP contribution >= 0.6 is 0 Å². The summed E-state index contributed by atoms with van der Waals surface area (Å²) < 4.78 is 0. The van der Waals surface area contributed by atoms with E-state index in [0.717, 1.165) is 0 Å². The summed E-state index contributed by atoms with van der Waals surface area (Å²) in [4.78, 5) is 10.0. The Morgan fingerprint density at radius 3 is 1.89 bits per heavy atom. The van der Waals surface area contributed by atoms with Crippen LogP contribution in [0.5, 0.6) is 0 Å². The van der Waals surface area contributed by atoms with Crippen LogP contribution in [0.25, 0.3) is 0 Å². The van der Waals surface area contributed by atoms with E-state index in [4.69, 9.17) is 10.8 Å². The van der Waals surface area contributed by atoms with Crippen LogP contribution in [0.15, 0.2) is 0 Å². The molecule has 0 spiro atoms. The summed E-state index contributed by atoms with van der Waals surface area (Å²) in [5.41, 5.74) is 5.16. The molecule has 3 N–H and O–H groups in total. The first-order valence-corrected chi connectivity index (χ1v) is 2.54. The minimum Gasteiger partial charge on any atom is -0.480 e. The van der Waals surface area contributed by atoms with Gasteiger partial charge in [-0.15, -0.1) is 0 Å². The van der Waals surface area contributed by atoms with Crippen molar-refractivity contribution in [3.63, 3.8) is 0 Å². The van der Waals surface area contributed by atoms with E-state index in [2.05, 4.69) is 0 Å². The smallest absolute Gasteiger partial charge is 0.320 e. The molecule has 9 heavy (non-hydrogen) atoms. The van der Waals surface area contributed by atoms with Crippen LogP contribution < -0.4 is 5.73 Å². The molecule has 1 atom stereocenters. The van der Waals surface area contributed by atoms with Crippen molar-refractivity contribution >= 4 is 5.97 Å². The fraction of sp³-hybridized carbons (Fsp3) is 0.800. The second kappa shape index (κ2) is 5.00. The fourth-order valence-electron chi connectivity index (χ4n) is 0.285. The molecular weight excluding hydrogens is 303 g/mol. The van der Waals surface area contributed by atoms with E-state index in [1.165, 1.54) is 0 Å². The van der Waals surface area contributed by atoms with E-state index in [1.807, 2.05) is 0 Å². The quantitative estimate of drug-likeness (QED) is 0.708. The summed E-state index contributed by atoms with van der Waals surface area (Å²) in [7, 11) is 0. The predicted molar refractivity (Wildman–Crippen MR) is 30.4 cm³/mol. The molecule has 0 aromatic rings. The van der Waals surface area contributed by atoms with Crippen LogP contribution in [-0.2, 0) is 27.2 Å². The first-order valence-electron chi connectivity index (χ1n) is 2.54. The van der Waals surface area contributed by atoms with E-state index < -0.39 is 12.0 Å². The maximum absolute atomic E-state index is 10.0. The molecule has 59 valence electrons. The van der Waals surface area contributed by atoms with Crippen molar-refractivity contribution in [1.29, 1.82) is 0 Å². The number of nitrogens with two attached hydrogens (primary N) is 1. The van der Waals surface area contributed by atoms with Gasteiger partial charge in [0.05, 0.1) is 0 Å². The van der Waals surface area contributed by atoms with Crippen LogP contribution in [0, 0.1) is 5.92 Å². The van der Waals surface area contributed by atoms with Gasteiger partial charge in [-0.1, -0.05) is 13.8 Å². The summed E-state index contributed by atoms with van der Waals surface area (Å²) >= 11 is 0. The number of hydrogen-bond acceptors (Lipinski definition) is 2. The molecule has 0 bridgehead atoms. The van der Waals surface area contributed by atoms with Gasteiger partial charge in [-0.2, -0.15) is 0 Å². The average molecular weight is 314 g/mol. The average Bonchev–Trinajstić information content (AvgIpc) is 1.64. The molecule has 0 saturated heterocycles. The molecule has 0 fully saturated rings. The van der Waals surface area contributed by atoms with Gasteiger partial charge < -0.3 is 10.8 Å². The van der Waals surface area contributed by atoms with Gasteiger partial charge in [-0.3, -0.25) is 4.79 Å². The third kappa shape index (κ3) is 4.66. The molecule has 0 amide bonds. The van der Waals surface area contributed by atoms with E-state index in [-0.39, 0.29) is 28.3 Å². The number of carbonyl (C=O) groups is 1. The zero-order chi connectivity index (χ0) is 6.73. The van der Waals surface area contributed by atoms with Crippen molar-refractivity contribution in [2.24, 2.45) is 11.7 Å². The van der Waals surface area contributed by atoms with Crippen molar-refractivity contribution in [3.05, 3.63) is 0 Å². The second-order valence-electron chi connectivity index (χ2n) is 2.11. The van der Waals surface area contributed by atoms with Crippen LogP contribution in [0.2, 0.25) is 0 Å². The normalized spacial score (nSPS) is 12.4. The minimum absolute atomic E-state index is 0. The van der Waals surface area contributed by atoms with Gasteiger partial charge in [0.2, 0.25) is 0 Å².